The van der Waals surface area contributed by atoms with Crippen LogP contribution in [0, 0.1) is 6.92 Å². The topological polar surface area (TPSA) is 106 Å². The summed E-state index contributed by atoms with van der Waals surface area (Å²) in [6.07, 6.45) is 2.46. The first-order valence-corrected chi connectivity index (χ1v) is 11.7. The predicted octanol–water partition coefficient (Wildman–Crippen LogP) is 4.35. The van der Waals surface area contributed by atoms with Gasteiger partial charge in [-0.25, -0.2) is 0 Å². The molecular weight excluding hydrogens is 450 g/mol. The normalized spacial score (nSPS) is 17.1. The minimum atomic E-state index is -0.845. The number of nitrogens with zero attached hydrogens (tertiary/aromatic N) is 1. The SMILES string of the molecule is CCCCOc1ccc(/C(O)=C2\C(=O)C(=O)N(CCCOC)C2c2ccc(O)c(OC)c2)cc1C. The quantitative estimate of drug-likeness (QED) is 0.212. The summed E-state index contributed by atoms with van der Waals surface area (Å²) in [5, 5.41) is 21.3. The molecule has 188 valence electrons. The summed E-state index contributed by atoms with van der Waals surface area (Å²) < 4.78 is 16.1. The van der Waals surface area contributed by atoms with E-state index in [4.69, 9.17) is 14.2 Å². The molecule has 1 saturated heterocycles. The summed E-state index contributed by atoms with van der Waals surface area (Å²) >= 11 is 0. The average Bonchev–Trinajstić information content (AvgIpc) is 3.10. The number of aromatic hydroxyl groups is 1. The number of carbonyl (C=O) groups excluding carboxylic acids is 2. The van der Waals surface area contributed by atoms with Crippen molar-refractivity contribution in [1.82, 2.24) is 4.90 Å². The first-order chi connectivity index (χ1) is 16.8. The fraction of sp³-hybridized carbons (Fsp3) is 0.407. The molecule has 8 heteroatoms. The number of hydrogen-bond donors (Lipinski definition) is 2. The van der Waals surface area contributed by atoms with E-state index in [-0.39, 0.29) is 29.4 Å². The zero-order chi connectivity index (χ0) is 25.5. The summed E-state index contributed by atoms with van der Waals surface area (Å²) in [6.45, 7) is 5.21. The summed E-state index contributed by atoms with van der Waals surface area (Å²) in [6, 6.07) is 8.95. The van der Waals surface area contributed by atoms with Crippen molar-refractivity contribution in [2.45, 2.75) is 39.2 Å². The van der Waals surface area contributed by atoms with Crippen LogP contribution >= 0.6 is 0 Å². The molecule has 2 aromatic rings. The van der Waals surface area contributed by atoms with Gasteiger partial charge in [0.15, 0.2) is 11.5 Å². The number of unbranched alkanes of at least 4 members (excludes halogenated alkanes) is 1. The van der Waals surface area contributed by atoms with Crippen molar-refractivity contribution in [2.75, 3.05) is 34.0 Å². The third kappa shape index (κ3) is 5.59. The highest BCUT2D eigenvalue weighted by Gasteiger charge is 2.46. The number of carbonyl (C=O) groups is 2. The Balaban J connectivity index is 2.08. The van der Waals surface area contributed by atoms with Crippen LogP contribution in [0.25, 0.3) is 5.76 Å². The van der Waals surface area contributed by atoms with Gasteiger partial charge < -0.3 is 29.3 Å². The van der Waals surface area contributed by atoms with Crippen LogP contribution in [0.2, 0.25) is 0 Å². The Morgan fingerprint density at radius 2 is 1.80 bits per heavy atom. The van der Waals surface area contributed by atoms with Gasteiger partial charge in [-0.3, -0.25) is 9.59 Å². The highest BCUT2D eigenvalue weighted by molar-refractivity contribution is 6.46. The van der Waals surface area contributed by atoms with Crippen molar-refractivity contribution in [3.8, 4) is 17.2 Å². The van der Waals surface area contributed by atoms with Gasteiger partial charge in [0.1, 0.15) is 11.5 Å². The van der Waals surface area contributed by atoms with Crippen molar-refractivity contribution in [3.63, 3.8) is 0 Å². The molecule has 8 nitrogen and oxygen atoms in total. The van der Waals surface area contributed by atoms with Crippen LogP contribution < -0.4 is 9.47 Å². The molecule has 1 amide bonds. The third-order valence-electron chi connectivity index (χ3n) is 6.01. The molecule has 0 aromatic heterocycles. The predicted molar refractivity (Wildman–Crippen MR) is 132 cm³/mol. The number of aliphatic hydroxyl groups excluding tert-OH is 1. The monoisotopic (exact) mass is 483 g/mol. The number of likely N-dealkylation sites (tertiary alicyclic amines) is 1. The second-order valence-corrected chi connectivity index (χ2v) is 8.45. The molecule has 0 bridgehead atoms. The van der Waals surface area contributed by atoms with Crippen LogP contribution in [0.4, 0.5) is 0 Å². The lowest BCUT2D eigenvalue weighted by molar-refractivity contribution is -0.140. The molecule has 2 aromatic carbocycles. The number of Topliss-reactive ketones (excluding diaryl/α,β-unsaturated/α-hetero) is 1. The van der Waals surface area contributed by atoms with E-state index >= 15 is 0 Å². The van der Waals surface area contributed by atoms with Crippen molar-refractivity contribution in [2.24, 2.45) is 0 Å². The lowest BCUT2D eigenvalue weighted by Crippen LogP contribution is -2.31. The summed E-state index contributed by atoms with van der Waals surface area (Å²) in [7, 11) is 2.98. The van der Waals surface area contributed by atoms with Gasteiger partial charge in [-0.15, -0.1) is 0 Å². The van der Waals surface area contributed by atoms with E-state index in [9.17, 15) is 19.8 Å². The summed E-state index contributed by atoms with van der Waals surface area (Å²) in [5.74, 6) is -0.891. The Hall–Kier alpha value is -3.52. The second-order valence-electron chi connectivity index (χ2n) is 8.45. The molecular formula is C27H33NO7. The minimum absolute atomic E-state index is 0.0146. The molecule has 2 N–H and O–H groups in total. The Bertz CT molecular complexity index is 1110. The van der Waals surface area contributed by atoms with E-state index in [0.29, 0.717) is 36.5 Å². The summed E-state index contributed by atoms with van der Waals surface area (Å²) in [5.41, 5.74) is 1.74. The molecule has 0 aliphatic carbocycles. The Morgan fingerprint density at radius 1 is 1.03 bits per heavy atom. The standard InChI is InChI=1S/C27H33NO7/c1-5-6-14-35-21-11-9-19(15-17(21)2)25(30)23-24(18-8-10-20(29)22(16-18)34-4)28(12-7-13-33-3)27(32)26(23)31/h8-11,15-16,24,29-30H,5-7,12-14H2,1-4H3/b25-23+. The van der Waals surface area contributed by atoms with Gasteiger partial charge in [-0.2, -0.15) is 0 Å². The molecule has 1 unspecified atom stereocenters. The van der Waals surface area contributed by atoms with Crippen LogP contribution in [0.1, 0.15) is 48.9 Å². The van der Waals surface area contributed by atoms with Crippen LogP contribution in [0.5, 0.6) is 17.2 Å². The van der Waals surface area contributed by atoms with Gasteiger partial charge >= 0.3 is 0 Å². The van der Waals surface area contributed by atoms with E-state index in [1.807, 2.05) is 6.92 Å². The molecule has 1 fully saturated rings. The van der Waals surface area contributed by atoms with E-state index in [0.717, 1.165) is 18.4 Å². The minimum Gasteiger partial charge on any atom is -0.507 e. The molecule has 0 spiro atoms. The summed E-state index contributed by atoms with van der Waals surface area (Å²) in [4.78, 5) is 27.6. The van der Waals surface area contributed by atoms with Crippen molar-refractivity contribution >= 4 is 17.4 Å². The molecule has 0 radical (unpaired) electrons. The zero-order valence-corrected chi connectivity index (χ0v) is 20.7. The number of amides is 1. The largest absolute Gasteiger partial charge is 0.507 e. The number of methoxy groups -OCH3 is 2. The highest BCUT2D eigenvalue weighted by Crippen LogP contribution is 2.42. The number of benzene rings is 2. The van der Waals surface area contributed by atoms with E-state index in [1.165, 1.54) is 18.1 Å². The molecule has 0 saturated carbocycles. The Morgan fingerprint density at radius 3 is 2.46 bits per heavy atom. The third-order valence-corrected chi connectivity index (χ3v) is 6.01. The van der Waals surface area contributed by atoms with Gasteiger partial charge in [0.05, 0.1) is 25.3 Å². The van der Waals surface area contributed by atoms with E-state index in [2.05, 4.69) is 6.92 Å². The molecule has 1 aliphatic heterocycles. The van der Waals surface area contributed by atoms with Crippen molar-refractivity contribution in [3.05, 3.63) is 58.7 Å². The number of aryl methyl sites for hydroxylation is 1. The Kier molecular flexibility index (Phi) is 8.76. The maximum absolute atomic E-state index is 13.1. The lowest BCUT2D eigenvalue weighted by atomic mass is 9.94. The molecule has 1 atom stereocenters. The smallest absolute Gasteiger partial charge is 0.295 e. The maximum Gasteiger partial charge on any atom is 0.295 e. The fourth-order valence-electron chi connectivity index (χ4n) is 4.14. The molecule has 1 heterocycles. The maximum atomic E-state index is 13.1. The number of ketones is 1. The number of phenols is 1. The highest BCUT2D eigenvalue weighted by atomic mass is 16.5. The first-order valence-electron chi connectivity index (χ1n) is 11.7. The number of rotatable bonds is 11. The molecule has 35 heavy (non-hydrogen) atoms. The van der Waals surface area contributed by atoms with Gasteiger partial charge in [0.2, 0.25) is 0 Å². The van der Waals surface area contributed by atoms with Crippen LogP contribution in [-0.4, -0.2) is 60.8 Å². The Labute approximate surface area is 205 Å². The lowest BCUT2D eigenvalue weighted by Gasteiger charge is -2.25. The first kappa shape index (κ1) is 26.1. The number of aliphatic hydroxyl groups is 1. The number of phenolic OH excluding ortho intramolecular Hbond substituents is 1. The molecule has 1 aliphatic rings. The zero-order valence-electron chi connectivity index (χ0n) is 20.7. The fourth-order valence-corrected chi connectivity index (χ4v) is 4.14. The van der Waals surface area contributed by atoms with Gasteiger partial charge in [0.25, 0.3) is 11.7 Å². The van der Waals surface area contributed by atoms with Gasteiger partial charge in [-0.1, -0.05) is 19.4 Å². The van der Waals surface area contributed by atoms with Crippen molar-refractivity contribution < 1.29 is 34.0 Å². The average molecular weight is 484 g/mol. The van der Waals surface area contributed by atoms with Crippen LogP contribution in [-0.2, 0) is 14.3 Å². The second kappa shape index (κ2) is 11.8. The molecule has 3 rings (SSSR count). The van der Waals surface area contributed by atoms with E-state index < -0.39 is 17.7 Å². The van der Waals surface area contributed by atoms with Gasteiger partial charge in [0, 0.05) is 25.8 Å². The number of hydrogen-bond acceptors (Lipinski definition) is 7. The van der Waals surface area contributed by atoms with Gasteiger partial charge in [-0.05, 0) is 61.2 Å². The van der Waals surface area contributed by atoms with Crippen LogP contribution in [0.3, 0.4) is 0 Å². The van der Waals surface area contributed by atoms with Crippen LogP contribution in [0.15, 0.2) is 42.0 Å². The van der Waals surface area contributed by atoms with Crippen molar-refractivity contribution in [1.29, 1.82) is 0 Å². The van der Waals surface area contributed by atoms with E-state index in [1.54, 1.807) is 37.4 Å². The number of ether oxygens (including phenoxy) is 3.